The third-order valence-electron chi connectivity index (χ3n) is 13.8. The van der Waals surface area contributed by atoms with Crippen LogP contribution in [0, 0.1) is 5.92 Å². The van der Waals surface area contributed by atoms with Crippen molar-refractivity contribution in [2.45, 2.75) is 348 Å². The normalized spacial score (nSPS) is 12.0. The van der Waals surface area contributed by atoms with E-state index in [0.29, 0.717) is 19.3 Å². The van der Waals surface area contributed by atoms with Crippen LogP contribution in [0.25, 0.3) is 0 Å². The molecule has 0 rings (SSSR count). The molecule has 392 valence electrons. The van der Waals surface area contributed by atoms with Crippen LogP contribution in [0.2, 0.25) is 0 Å². The number of esters is 3. The summed E-state index contributed by atoms with van der Waals surface area (Å²) in [4.78, 5) is 38.2. The van der Waals surface area contributed by atoms with Crippen molar-refractivity contribution >= 4 is 17.9 Å². The average Bonchev–Trinajstić information content (AvgIpc) is 3.30. The van der Waals surface area contributed by atoms with Gasteiger partial charge in [0.2, 0.25) is 0 Å². The lowest BCUT2D eigenvalue weighted by molar-refractivity contribution is -0.167. The summed E-state index contributed by atoms with van der Waals surface area (Å²) in [5.74, 6) is 0.00586. The van der Waals surface area contributed by atoms with Crippen LogP contribution < -0.4 is 0 Å². The van der Waals surface area contributed by atoms with E-state index < -0.39 is 6.10 Å². The maximum atomic E-state index is 12.9. The average molecular weight is 934 g/mol. The molecule has 0 spiro atoms. The molecule has 0 bridgehead atoms. The lowest BCUT2D eigenvalue weighted by Crippen LogP contribution is -2.30. The van der Waals surface area contributed by atoms with Gasteiger partial charge in [-0.15, -0.1) is 0 Å². The molecule has 6 nitrogen and oxygen atoms in total. The van der Waals surface area contributed by atoms with Crippen LogP contribution in [0.15, 0.2) is 0 Å². The number of hydrogen-bond acceptors (Lipinski definition) is 6. The molecule has 0 N–H and O–H groups in total. The van der Waals surface area contributed by atoms with Crippen molar-refractivity contribution in [2.75, 3.05) is 13.2 Å². The number of carbonyl (C=O) groups excluding carboxylic acids is 3. The maximum absolute atomic E-state index is 12.9. The zero-order valence-corrected chi connectivity index (χ0v) is 45.2. The van der Waals surface area contributed by atoms with Crippen LogP contribution in [0.1, 0.15) is 342 Å². The molecule has 1 atom stereocenters. The Morgan fingerprint density at radius 1 is 0.288 bits per heavy atom. The van der Waals surface area contributed by atoms with Gasteiger partial charge in [0, 0.05) is 19.3 Å². The highest BCUT2D eigenvalue weighted by molar-refractivity contribution is 5.71. The zero-order valence-electron chi connectivity index (χ0n) is 45.2. The van der Waals surface area contributed by atoms with Crippen molar-refractivity contribution in [3.8, 4) is 0 Å². The summed E-state index contributed by atoms with van der Waals surface area (Å²) in [6.45, 7) is 9.07. The highest BCUT2D eigenvalue weighted by Crippen LogP contribution is 2.18. The van der Waals surface area contributed by atoms with E-state index >= 15 is 0 Å². The predicted octanol–water partition coefficient (Wildman–Crippen LogP) is 19.8. The molecule has 0 aromatic rings. The van der Waals surface area contributed by atoms with E-state index in [2.05, 4.69) is 27.7 Å². The van der Waals surface area contributed by atoms with E-state index in [4.69, 9.17) is 14.2 Å². The fourth-order valence-electron chi connectivity index (χ4n) is 9.28. The molecule has 0 aliphatic heterocycles. The fraction of sp³-hybridized carbons (Fsp3) is 0.950. The molecule has 0 fully saturated rings. The molecule has 0 heterocycles. The summed E-state index contributed by atoms with van der Waals surface area (Å²) in [6, 6.07) is 0. The zero-order chi connectivity index (χ0) is 48.1. The summed E-state index contributed by atoms with van der Waals surface area (Å²) in [7, 11) is 0. The van der Waals surface area contributed by atoms with Gasteiger partial charge in [-0.05, 0) is 25.2 Å². The first-order valence-corrected chi connectivity index (χ1v) is 29.9. The minimum Gasteiger partial charge on any atom is -0.462 e. The van der Waals surface area contributed by atoms with E-state index in [1.54, 1.807) is 0 Å². The summed E-state index contributed by atoms with van der Waals surface area (Å²) in [5.41, 5.74) is 0. The SMILES string of the molecule is CCCCCCCCCCCCCCCCCCCC(=O)OC[C@@H](COC(=O)CCCCCCCCCCCCCCCCC)OC(=O)CCCCCCCCCCCCCCCC(C)C. The quantitative estimate of drug-likeness (QED) is 0.0343. The van der Waals surface area contributed by atoms with E-state index in [1.807, 2.05) is 0 Å². The van der Waals surface area contributed by atoms with Gasteiger partial charge in [-0.3, -0.25) is 14.4 Å². The molecular weight excluding hydrogens is 817 g/mol. The molecular formula is C60H116O6. The van der Waals surface area contributed by atoms with Gasteiger partial charge in [0.15, 0.2) is 6.10 Å². The van der Waals surface area contributed by atoms with Gasteiger partial charge < -0.3 is 14.2 Å². The summed E-state index contributed by atoms with van der Waals surface area (Å²) >= 11 is 0. The third-order valence-corrected chi connectivity index (χ3v) is 13.8. The minimum absolute atomic E-state index is 0.0616. The second-order valence-electron chi connectivity index (χ2n) is 21.1. The van der Waals surface area contributed by atoms with Crippen LogP contribution in [-0.2, 0) is 28.6 Å². The lowest BCUT2D eigenvalue weighted by Gasteiger charge is -2.18. The number of carbonyl (C=O) groups is 3. The molecule has 0 radical (unpaired) electrons. The van der Waals surface area contributed by atoms with Crippen molar-refractivity contribution < 1.29 is 28.6 Å². The molecule has 0 saturated heterocycles. The van der Waals surface area contributed by atoms with Gasteiger partial charge in [0.1, 0.15) is 13.2 Å². The second-order valence-corrected chi connectivity index (χ2v) is 21.1. The first-order valence-electron chi connectivity index (χ1n) is 29.9. The van der Waals surface area contributed by atoms with Gasteiger partial charge in [-0.1, -0.05) is 304 Å². The Morgan fingerprint density at radius 2 is 0.500 bits per heavy atom. The topological polar surface area (TPSA) is 78.9 Å². The Kier molecular flexibility index (Phi) is 53.0. The number of hydrogen-bond donors (Lipinski definition) is 0. The first-order chi connectivity index (χ1) is 32.4. The molecule has 0 amide bonds. The first kappa shape index (κ1) is 64.4. The maximum Gasteiger partial charge on any atom is 0.306 e. The Hall–Kier alpha value is -1.59. The fourth-order valence-corrected chi connectivity index (χ4v) is 9.28. The number of unbranched alkanes of at least 4 members (excludes halogenated alkanes) is 42. The van der Waals surface area contributed by atoms with Crippen molar-refractivity contribution in [3.63, 3.8) is 0 Å². The van der Waals surface area contributed by atoms with E-state index in [0.717, 1.165) is 63.7 Å². The summed E-state index contributed by atoms with van der Waals surface area (Å²) in [5, 5.41) is 0. The van der Waals surface area contributed by atoms with Gasteiger partial charge >= 0.3 is 17.9 Å². The minimum atomic E-state index is -0.762. The molecule has 0 unspecified atom stereocenters. The van der Waals surface area contributed by atoms with Crippen LogP contribution in [0.4, 0.5) is 0 Å². The van der Waals surface area contributed by atoms with Gasteiger partial charge in [0.25, 0.3) is 0 Å². The largest absolute Gasteiger partial charge is 0.462 e. The summed E-state index contributed by atoms with van der Waals surface area (Å²) < 4.78 is 16.9. The lowest BCUT2D eigenvalue weighted by atomic mass is 10.0. The van der Waals surface area contributed by atoms with E-state index in [9.17, 15) is 14.4 Å². The highest BCUT2D eigenvalue weighted by Gasteiger charge is 2.19. The molecule has 66 heavy (non-hydrogen) atoms. The summed E-state index contributed by atoms with van der Waals surface area (Å²) in [6.07, 6.45) is 59.5. The van der Waals surface area contributed by atoms with Crippen LogP contribution in [0.5, 0.6) is 0 Å². The standard InChI is InChI=1S/C60H116O6/c1-5-7-9-11-13-15-17-19-21-22-24-28-32-36-40-44-48-52-59(62)65-55-57(54-64-58(61)51-47-43-39-35-31-27-23-20-18-16-14-12-10-8-6-2)66-60(63)53-49-45-41-37-33-29-25-26-30-34-38-42-46-50-56(3)4/h56-57H,5-55H2,1-4H3/t57-/m1/s1. The van der Waals surface area contributed by atoms with Crippen molar-refractivity contribution in [1.29, 1.82) is 0 Å². The number of ether oxygens (including phenoxy) is 3. The van der Waals surface area contributed by atoms with Gasteiger partial charge in [-0.2, -0.15) is 0 Å². The van der Waals surface area contributed by atoms with Gasteiger partial charge in [0.05, 0.1) is 0 Å². The number of rotatable bonds is 55. The van der Waals surface area contributed by atoms with Crippen molar-refractivity contribution in [2.24, 2.45) is 5.92 Å². The van der Waals surface area contributed by atoms with Crippen LogP contribution >= 0.6 is 0 Å². The smallest absolute Gasteiger partial charge is 0.306 e. The van der Waals surface area contributed by atoms with Crippen LogP contribution in [0.3, 0.4) is 0 Å². The Morgan fingerprint density at radius 3 is 0.742 bits per heavy atom. The van der Waals surface area contributed by atoms with Crippen LogP contribution in [-0.4, -0.2) is 37.2 Å². The van der Waals surface area contributed by atoms with Crippen molar-refractivity contribution in [1.82, 2.24) is 0 Å². The molecule has 0 aliphatic carbocycles. The predicted molar refractivity (Wildman–Crippen MR) is 284 cm³/mol. The molecule has 0 aromatic heterocycles. The highest BCUT2D eigenvalue weighted by atomic mass is 16.6. The third kappa shape index (κ3) is 53.4. The van der Waals surface area contributed by atoms with E-state index in [1.165, 1.54) is 238 Å². The molecule has 0 aliphatic rings. The Bertz CT molecular complexity index is 996. The van der Waals surface area contributed by atoms with Crippen molar-refractivity contribution in [3.05, 3.63) is 0 Å². The van der Waals surface area contributed by atoms with Gasteiger partial charge in [-0.25, -0.2) is 0 Å². The Balaban J connectivity index is 4.29. The monoisotopic (exact) mass is 933 g/mol. The Labute approximate surface area is 412 Å². The van der Waals surface area contributed by atoms with E-state index in [-0.39, 0.29) is 31.1 Å². The molecule has 0 aromatic carbocycles. The molecule has 0 saturated carbocycles. The second kappa shape index (κ2) is 54.4. The molecule has 6 heteroatoms.